The Hall–Kier alpha value is -3.15. The second kappa shape index (κ2) is 11.8. The van der Waals surface area contributed by atoms with Gasteiger partial charge in [0.2, 0.25) is 5.91 Å². The lowest BCUT2D eigenvalue weighted by Gasteiger charge is -2.15. The topological polar surface area (TPSA) is 121 Å². The van der Waals surface area contributed by atoms with Crippen LogP contribution in [-0.2, 0) is 16.1 Å². The maximum absolute atomic E-state index is 12.9. The van der Waals surface area contributed by atoms with Gasteiger partial charge < -0.3 is 19.4 Å². The van der Waals surface area contributed by atoms with E-state index in [-0.39, 0.29) is 17.3 Å². The minimum atomic E-state index is -0.576. The number of carbonyl (C=O) groups excluding carboxylic acids is 1. The molecule has 1 heterocycles. The van der Waals surface area contributed by atoms with E-state index >= 15 is 0 Å². The van der Waals surface area contributed by atoms with Crippen LogP contribution in [0.25, 0.3) is 11.4 Å². The van der Waals surface area contributed by atoms with Crippen LogP contribution < -0.4 is 10.1 Å². The molecule has 0 fully saturated rings. The second-order valence-electron chi connectivity index (χ2n) is 7.20. The molecule has 1 N–H and O–H groups in total. The molecule has 0 saturated heterocycles. The molecular formula is C22H24ClN5O5S. The van der Waals surface area contributed by atoms with Crippen molar-refractivity contribution in [3.63, 3.8) is 0 Å². The summed E-state index contributed by atoms with van der Waals surface area (Å²) in [6, 6.07) is 11.3. The number of methoxy groups -OCH3 is 2. The predicted molar refractivity (Wildman–Crippen MR) is 131 cm³/mol. The van der Waals surface area contributed by atoms with E-state index in [0.717, 1.165) is 12.0 Å². The molecule has 0 bridgehead atoms. The van der Waals surface area contributed by atoms with E-state index in [1.165, 1.54) is 37.1 Å². The number of aromatic nitrogens is 3. The Balaban J connectivity index is 1.81. The van der Waals surface area contributed by atoms with Crippen LogP contribution >= 0.6 is 23.4 Å². The predicted octanol–water partition coefficient (Wildman–Crippen LogP) is 4.67. The highest BCUT2D eigenvalue weighted by Crippen LogP contribution is 2.31. The van der Waals surface area contributed by atoms with Gasteiger partial charge in [-0.1, -0.05) is 23.4 Å². The van der Waals surface area contributed by atoms with Crippen molar-refractivity contribution in [3.05, 3.63) is 57.6 Å². The number of anilines is 1. The van der Waals surface area contributed by atoms with Crippen molar-refractivity contribution < 1.29 is 19.2 Å². The summed E-state index contributed by atoms with van der Waals surface area (Å²) in [6.07, 6.45) is 0.730. The summed E-state index contributed by atoms with van der Waals surface area (Å²) in [5, 5.41) is 23.1. The molecular weight excluding hydrogens is 482 g/mol. The summed E-state index contributed by atoms with van der Waals surface area (Å²) in [5.41, 5.74) is 0.916. The van der Waals surface area contributed by atoms with Gasteiger partial charge in [-0.25, -0.2) is 0 Å². The number of rotatable bonds is 11. The number of thioether (sulfide) groups is 1. The number of nitrogens with one attached hydrogen (secondary N) is 1. The van der Waals surface area contributed by atoms with Crippen molar-refractivity contribution in [2.75, 3.05) is 26.1 Å². The first-order valence-corrected chi connectivity index (χ1v) is 11.6. The van der Waals surface area contributed by atoms with Crippen LogP contribution in [0, 0.1) is 10.1 Å². The number of ether oxygens (including phenoxy) is 2. The molecule has 0 aliphatic rings. The summed E-state index contributed by atoms with van der Waals surface area (Å²) in [7, 11) is 3.06. The zero-order valence-electron chi connectivity index (χ0n) is 18.9. The maximum Gasteiger partial charge on any atom is 0.271 e. The maximum atomic E-state index is 12.9. The first-order chi connectivity index (χ1) is 16.3. The van der Waals surface area contributed by atoms with Gasteiger partial charge in [-0.15, -0.1) is 10.2 Å². The summed E-state index contributed by atoms with van der Waals surface area (Å²) in [4.78, 5) is 23.5. The monoisotopic (exact) mass is 505 g/mol. The van der Waals surface area contributed by atoms with Crippen LogP contribution in [0.4, 0.5) is 11.4 Å². The Kier molecular flexibility index (Phi) is 8.85. The third-order valence-electron chi connectivity index (χ3n) is 4.85. The van der Waals surface area contributed by atoms with Crippen molar-refractivity contribution >= 4 is 40.6 Å². The SMILES string of the molecule is COCCCn1c(SC(C)C(=O)Nc2cc([N+](=O)[O-])ccc2OC)nnc1-c1ccc(Cl)cc1. The molecule has 0 aliphatic carbocycles. The molecule has 1 atom stereocenters. The third-order valence-corrected chi connectivity index (χ3v) is 6.19. The molecule has 1 amide bonds. The molecule has 180 valence electrons. The summed E-state index contributed by atoms with van der Waals surface area (Å²) in [5.74, 6) is 0.621. The lowest BCUT2D eigenvalue weighted by atomic mass is 10.2. The van der Waals surface area contributed by atoms with Crippen molar-refractivity contribution in [2.45, 2.75) is 30.3 Å². The van der Waals surface area contributed by atoms with Crippen molar-refractivity contribution in [1.29, 1.82) is 0 Å². The number of halogens is 1. The molecule has 1 aromatic heterocycles. The second-order valence-corrected chi connectivity index (χ2v) is 8.95. The molecule has 0 radical (unpaired) electrons. The van der Waals surface area contributed by atoms with Crippen molar-refractivity contribution in [3.8, 4) is 17.1 Å². The highest BCUT2D eigenvalue weighted by atomic mass is 35.5. The van der Waals surface area contributed by atoms with Gasteiger partial charge >= 0.3 is 0 Å². The Bertz CT molecular complexity index is 1160. The average molecular weight is 506 g/mol. The van der Waals surface area contributed by atoms with E-state index in [4.69, 9.17) is 21.1 Å². The minimum Gasteiger partial charge on any atom is -0.495 e. The molecule has 1 unspecified atom stereocenters. The van der Waals surface area contributed by atoms with Crippen LogP contribution in [-0.4, -0.2) is 51.7 Å². The molecule has 0 saturated carbocycles. The highest BCUT2D eigenvalue weighted by Gasteiger charge is 2.22. The molecule has 10 nitrogen and oxygen atoms in total. The number of nitro benzene ring substituents is 1. The van der Waals surface area contributed by atoms with Gasteiger partial charge in [0.1, 0.15) is 5.75 Å². The van der Waals surface area contributed by atoms with Gasteiger partial charge in [0.05, 0.1) is 23.0 Å². The Morgan fingerprint density at radius 1 is 1.24 bits per heavy atom. The first kappa shape index (κ1) is 25.5. The zero-order chi connectivity index (χ0) is 24.7. The van der Waals surface area contributed by atoms with Gasteiger partial charge in [-0.3, -0.25) is 14.9 Å². The van der Waals surface area contributed by atoms with Crippen LogP contribution in [0.1, 0.15) is 13.3 Å². The van der Waals surface area contributed by atoms with E-state index < -0.39 is 10.2 Å². The summed E-state index contributed by atoms with van der Waals surface area (Å²) in [6.45, 7) is 2.87. The van der Waals surface area contributed by atoms with Crippen LogP contribution in [0.5, 0.6) is 5.75 Å². The standard InChI is InChI=1S/C22H24ClN5O5S/c1-14(21(29)24-18-13-17(28(30)31)9-10-19(18)33-3)34-22-26-25-20(27(22)11-4-12-32-2)15-5-7-16(23)8-6-15/h5-10,13-14H,4,11-12H2,1-3H3,(H,24,29). The number of benzene rings is 2. The Labute approximate surface area is 205 Å². The van der Waals surface area contributed by atoms with E-state index in [1.54, 1.807) is 26.2 Å². The summed E-state index contributed by atoms with van der Waals surface area (Å²) >= 11 is 7.25. The molecule has 0 spiro atoms. The lowest BCUT2D eigenvalue weighted by Crippen LogP contribution is -2.23. The molecule has 3 aromatic rings. The van der Waals surface area contributed by atoms with Crippen molar-refractivity contribution in [1.82, 2.24) is 14.8 Å². The lowest BCUT2D eigenvalue weighted by molar-refractivity contribution is -0.384. The smallest absolute Gasteiger partial charge is 0.271 e. The number of hydrogen-bond acceptors (Lipinski definition) is 8. The normalized spacial score (nSPS) is 11.8. The van der Waals surface area contributed by atoms with Gasteiger partial charge in [0, 0.05) is 43.0 Å². The molecule has 2 aromatic carbocycles. The van der Waals surface area contributed by atoms with E-state index in [2.05, 4.69) is 15.5 Å². The number of nitrogens with zero attached hydrogens (tertiary/aromatic N) is 4. The van der Waals surface area contributed by atoms with Crippen LogP contribution in [0.3, 0.4) is 0 Å². The van der Waals surface area contributed by atoms with Gasteiger partial charge in [-0.05, 0) is 43.7 Å². The average Bonchev–Trinajstić information content (AvgIpc) is 3.21. The van der Waals surface area contributed by atoms with Crippen LogP contribution in [0.15, 0.2) is 47.6 Å². The summed E-state index contributed by atoms with van der Waals surface area (Å²) < 4.78 is 12.3. The Morgan fingerprint density at radius 3 is 2.62 bits per heavy atom. The van der Waals surface area contributed by atoms with Gasteiger partial charge in [0.25, 0.3) is 5.69 Å². The Morgan fingerprint density at radius 2 is 1.97 bits per heavy atom. The number of non-ortho nitro benzene ring substituents is 1. The fourth-order valence-corrected chi connectivity index (χ4v) is 4.11. The minimum absolute atomic E-state index is 0.151. The quantitative estimate of drug-likeness (QED) is 0.173. The number of amides is 1. The van der Waals surface area contributed by atoms with E-state index in [1.807, 2.05) is 16.7 Å². The molecule has 34 heavy (non-hydrogen) atoms. The largest absolute Gasteiger partial charge is 0.495 e. The first-order valence-electron chi connectivity index (χ1n) is 10.3. The number of nitro groups is 1. The fraction of sp³-hybridized carbons (Fsp3) is 0.318. The van der Waals surface area contributed by atoms with Crippen LogP contribution in [0.2, 0.25) is 5.02 Å². The van der Waals surface area contributed by atoms with Gasteiger partial charge in [0.15, 0.2) is 11.0 Å². The third kappa shape index (κ3) is 6.25. The fourth-order valence-electron chi connectivity index (χ4n) is 3.11. The molecule has 0 aliphatic heterocycles. The number of hydrogen-bond donors (Lipinski definition) is 1. The zero-order valence-corrected chi connectivity index (χ0v) is 20.4. The van der Waals surface area contributed by atoms with E-state index in [0.29, 0.717) is 34.9 Å². The molecule has 3 rings (SSSR count). The highest BCUT2D eigenvalue weighted by molar-refractivity contribution is 8.00. The van der Waals surface area contributed by atoms with Gasteiger partial charge in [-0.2, -0.15) is 0 Å². The molecule has 12 heteroatoms. The van der Waals surface area contributed by atoms with E-state index in [9.17, 15) is 14.9 Å². The number of carbonyl (C=O) groups is 1. The van der Waals surface area contributed by atoms with Crippen molar-refractivity contribution in [2.24, 2.45) is 0 Å².